The van der Waals surface area contributed by atoms with Crippen LogP contribution < -0.4 is 15.4 Å². The van der Waals surface area contributed by atoms with Crippen LogP contribution in [0.5, 0.6) is 5.75 Å². The maximum absolute atomic E-state index is 12.4. The van der Waals surface area contributed by atoms with Gasteiger partial charge in [-0.3, -0.25) is 10.00 Å². The first-order valence-electron chi connectivity index (χ1n) is 12.3. The second-order valence-corrected chi connectivity index (χ2v) is 10.0. The molecule has 1 fully saturated rings. The number of benzene rings is 1. The largest absolute Gasteiger partial charge is 0.496 e. The number of ether oxygens (including phenoxy) is 2. The van der Waals surface area contributed by atoms with Crippen molar-refractivity contribution in [2.75, 3.05) is 17.7 Å². The maximum Gasteiger partial charge on any atom is 0.414 e. The number of aliphatic hydroxyl groups is 1. The third-order valence-corrected chi connectivity index (χ3v) is 5.78. The molecule has 13 nitrogen and oxygen atoms in total. The monoisotopic (exact) mass is 522 g/mol. The first-order chi connectivity index (χ1) is 18.2. The molecule has 0 unspecified atom stereocenters. The third-order valence-electron chi connectivity index (χ3n) is 5.78. The zero-order chi connectivity index (χ0) is 26.9. The van der Waals surface area contributed by atoms with Crippen molar-refractivity contribution in [2.45, 2.75) is 64.8 Å². The van der Waals surface area contributed by atoms with Crippen LogP contribution in [-0.4, -0.2) is 53.8 Å². The summed E-state index contributed by atoms with van der Waals surface area (Å²) >= 11 is 0. The number of rotatable bonds is 9. The Hall–Kier alpha value is -4.26. The first-order valence-corrected chi connectivity index (χ1v) is 12.3. The molecule has 0 radical (unpaired) electrons. The van der Waals surface area contributed by atoms with Gasteiger partial charge in [0, 0.05) is 11.5 Å². The van der Waals surface area contributed by atoms with Gasteiger partial charge in [0.25, 0.3) is 0 Å². The van der Waals surface area contributed by atoms with Gasteiger partial charge in [-0.1, -0.05) is 17.3 Å². The van der Waals surface area contributed by atoms with E-state index in [1.807, 2.05) is 12.1 Å². The summed E-state index contributed by atoms with van der Waals surface area (Å²) in [5.41, 5.74) is 2.03. The number of nitrogens with zero attached hydrogens (tertiary/aromatic N) is 6. The second kappa shape index (κ2) is 10.2. The predicted molar refractivity (Wildman–Crippen MR) is 137 cm³/mol. The van der Waals surface area contributed by atoms with Gasteiger partial charge in [0.1, 0.15) is 22.4 Å². The van der Waals surface area contributed by atoms with E-state index >= 15 is 0 Å². The summed E-state index contributed by atoms with van der Waals surface area (Å²) in [4.78, 5) is 25.8. The molecule has 0 spiro atoms. The SMILES string of the molecule is COc1cc(CO)ccc1Cn1ncc2nc(NC(=O)OC(C)(C)C)nc(NCc3noc(C4CC4)n3)c21. The standard InChI is InChI=1S/C25H30N8O5/c1-25(2,3)37-24(35)31-23-28-17-10-27-33(12-16-6-5-14(13-34)9-18(16)36-4)20(17)21(30-23)26-11-19-29-22(38-32-19)15-7-8-15/h5-6,9-10,15,34H,7-8,11-13H2,1-4H3,(H2,26,28,30,31,35). The van der Waals surface area contributed by atoms with Crippen molar-refractivity contribution in [1.29, 1.82) is 0 Å². The molecule has 1 amide bonds. The van der Waals surface area contributed by atoms with Crippen LogP contribution in [0.25, 0.3) is 11.0 Å². The molecule has 4 aromatic rings. The minimum absolute atomic E-state index is 0.0606. The fourth-order valence-electron chi connectivity index (χ4n) is 3.87. The lowest BCUT2D eigenvalue weighted by Gasteiger charge is -2.19. The molecule has 0 atom stereocenters. The van der Waals surface area contributed by atoms with E-state index in [0.29, 0.717) is 46.8 Å². The highest BCUT2D eigenvalue weighted by Crippen LogP contribution is 2.38. The zero-order valence-corrected chi connectivity index (χ0v) is 21.7. The zero-order valence-electron chi connectivity index (χ0n) is 21.7. The highest BCUT2D eigenvalue weighted by molar-refractivity contribution is 5.89. The van der Waals surface area contributed by atoms with Crippen molar-refractivity contribution >= 4 is 28.9 Å². The Balaban J connectivity index is 1.46. The van der Waals surface area contributed by atoms with Crippen LogP contribution in [0.2, 0.25) is 0 Å². The summed E-state index contributed by atoms with van der Waals surface area (Å²) in [6.07, 6.45) is 3.04. The molecule has 1 aliphatic carbocycles. The average molecular weight is 523 g/mol. The summed E-state index contributed by atoms with van der Waals surface area (Å²) < 4.78 is 18.0. The van der Waals surface area contributed by atoms with Crippen molar-refractivity contribution < 1.29 is 23.9 Å². The van der Waals surface area contributed by atoms with Crippen LogP contribution >= 0.6 is 0 Å². The van der Waals surface area contributed by atoms with Gasteiger partial charge in [-0.25, -0.2) is 9.78 Å². The van der Waals surface area contributed by atoms with Gasteiger partial charge in [-0.05, 0) is 45.2 Å². The number of aromatic nitrogens is 6. The number of fused-ring (bicyclic) bond motifs is 1. The molecular weight excluding hydrogens is 492 g/mol. The molecule has 0 saturated heterocycles. The van der Waals surface area contributed by atoms with Gasteiger partial charge in [-0.2, -0.15) is 15.1 Å². The molecule has 3 aromatic heterocycles. The number of hydrogen-bond donors (Lipinski definition) is 3. The minimum Gasteiger partial charge on any atom is -0.496 e. The number of hydrogen-bond acceptors (Lipinski definition) is 11. The van der Waals surface area contributed by atoms with Gasteiger partial charge in [0.15, 0.2) is 11.6 Å². The third kappa shape index (κ3) is 5.83. The molecule has 1 aliphatic rings. The van der Waals surface area contributed by atoms with E-state index in [1.54, 1.807) is 44.8 Å². The van der Waals surface area contributed by atoms with E-state index in [2.05, 4.69) is 35.8 Å². The molecule has 0 bridgehead atoms. The lowest BCUT2D eigenvalue weighted by Crippen LogP contribution is -2.28. The van der Waals surface area contributed by atoms with Crippen molar-refractivity contribution in [3.63, 3.8) is 0 Å². The molecular formula is C25H30N8O5. The van der Waals surface area contributed by atoms with E-state index in [4.69, 9.17) is 14.0 Å². The molecule has 200 valence electrons. The Morgan fingerprint density at radius 2 is 2.05 bits per heavy atom. The molecule has 3 heterocycles. The lowest BCUT2D eigenvalue weighted by atomic mass is 10.1. The fraction of sp³-hybridized carbons (Fsp3) is 0.440. The Kier molecular flexibility index (Phi) is 6.85. The Morgan fingerprint density at radius 1 is 1.24 bits per heavy atom. The number of carbonyl (C=O) groups excluding carboxylic acids is 1. The normalized spacial score (nSPS) is 13.5. The van der Waals surface area contributed by atoms with Crippen LogP contribution in [0.1, 0.15) is 62.4 Å². The number of aliphatic hydroxyl groups excluding tert-OH is 1. The molecule has 38 heavy (non-hydrogen) atoms. The molecule has 1 saturated carbocycles. The van der Waals surface area contributed by atoms with E-state index in [9.17, 15) is 9.90 Å². The van der Waals surface area contributed by atoms with Gasteiger partial charge >= 0.3 is 6.09 Å². The topological polar surface area (TPSA) is 162 Å². The van der Waals surface area contributed by atoms with Crippen molar-refractivity contribution in [1.82, 2.24) is 29.9 Å². The Morgan fingerprint density at radius 3 is 2.76 bits per heavy atom. The summed E-state index contributed by atoms with van der Waals surface area (Å²) in [6, 6.07) is 5.49. The highest BCUT2D eigenvalue weighted by Gasteiger charge is 2.29. The smallest absolute Gasteiger partial charge is 0.414 e. The van der Waals surface area contributed by atoms with Crippen molar-refractivity contribution in [3.05, 3.63) is 47.2 Å². The molecule has 1 aromatic carbocycles. The van der Waals surface area contributed by atoms with Crippen LogP contribution in [0.3, 0.4) is 0 Å². The van der Waals surface area contributed by atoms with E-state index in [-0.39, 0.29) is 19.1 Å². The maximum atomic E-state index is 12.4. The summed E-state index contributed by atoms with van der Waals surface area (Å²) in [5, 5.41) is 23.9. The number of amides is 1. The predicted octanol–water partition coefficient (Wildman–Crippen LogP) is 3.60. The van der Waals surface area contributed by atoms with Gasteiger partial charge < -0.3 is 24.4 Å². The molecule has 5 rings (SSSR count). The number of nitrogens with one attached hydrogen (secondary N) is 2. The lowest BCUT2D eigenvalue weighted by molar-refractivity contribution is 0.0634. The summed E-state index contributed by atoms with van der Waals surface area (Å²) in [6.45, 7) is 5.83. The summed E-state index contributed by atoms with van der Waals surface area (Å²) in [7, 11) is 1.58. The highest BCUT2D eigenvalue weighted by atomic mass is 16.6. The Labute approximate surface area is 218 Å². The minimum atomic E-state index is -0.678. The first kappa shape index (κ1) is 25.4. The van der Waals surface area contributed by atoms with Crippen LogP contribution in [-0.2, 0) is 24.4 Å². The van der Waals surface area contributed by atoms with Crippen molar-refractivity contribution in [3.8, 4) is 5.75 Å². The Bertz CT molecular complexity index is 1450. The van der Waals surface area contributed by atoms with E-state index in [1.165, 1.54) is 0 Å². The van der Waals surface area contributed by atoms with Crippen LogP contribution in [0.4, 0.5) is 16.6 Å². The van der Waals surface area contributed by atoms with Gasteiger partial charge in [0.05, 0.1) is 33.0 Å². The number of anilines is 2. The number of carbonyl (C=O) groups is 1. The summed E-state index contributed by atoms with van der Waals surface area (Å²) in [5.74, 6) is 2.59. The molecule has 3 N–H and O–H groups in total. The van der Waals surface area contributed by atoms with Crippen molar-refractivity contribution in [2.24, 2.45) is 0 Å². The van der Waals surface area contributed by atoms with Gasteiger partial charge in [-0.15, -0.1) is 0 Å². The van der Waals surface area contributed by atoms with E-state index in [0.717, 1.165) is 24.0 Å². The second-order valence-electron chi connectivity index (χ2n) is 10.0. The van der Waals surface area contributed by atoms with Gasteiger partial charge in [0.2, 0.25) is 11.8 Å². The average Bonchev–Trinajstić information content (AvgIpc) is 3.48. The molecule has 0 aliphatic heterocycles. The molecule has 13 heteroatoms. The van der Waals surface area contributed by atoms with E-state index < -0.39 is 11.7 Å². The number of methoxy groups -OCH3 is 1. The van der Waals surface area contributed by atoms with Crippen LogP contribution in [0, 0.1) is 0 Å². The quantitative estimate of drug-likeness (QED) is 0.294. The fourth-order valence-corrected chi connectivity index (χ4v) is 3.87. The van der Waals surface area contributed by atoms with Crippen LogP contribution in [0.15, 0.2) is 28.9 Å².